The van der Waals surface area contributed by atoms with Gasteiger partial charge in [0.2, 0.25) is 15.9 Å². The van der Waals surface area contributed by atoms with Crippen LogP contribution in [-0.2, 0) is 19.6 Å². The van der Waals surface area contributed by atoms with Crippen molar-refractivity contribution in [3.8, 4) is 5.75 Å². The van der Waals surface area contributed by atoms with Crippen molar-refractivity contribution in [2.75, 3.05) is 25.0 Å². The maximum atomic E-state index is 13.1. The number of amides is 2. The number of hydrogen-bond donors (Lipinski definition) is 2. The normalized spacial score (nSPS) is 21.9. The molecule has 0 aromatic heterocycles. The summed E-state index contributed by atoms with van der Waals surface area (Å²) in [7, 11) is -3.70. The van der Waals surface area contributed by atoms with Crippen LogP contribution < -0.4 is 15.4 Å². The van der Waals surface area contributed by atoms with E-state index in [1.54, 1.807) is 6.07 Å². The van der Waals surface area contributed by atoms with E-state index in [-0.39, 0.29) is 35.3 Å². The summed E-state index contributed by atoms with van der Waals surface area (Å²) in [5.74, 6) is 0.0747. The number of benzene rings is 1. The van der Waals surface area contributed by atoms with Crippen LogP contribution in [0.15, 0.2) is 23.1 Å². The van der Waals surface area contributed by atoms with Crippen molar-refractivity contribution in [1.29, 1.82) is 0 Å². The summed E-state index contributed by atoms with van der Waals surface area (Å²) in [5, 5.41) is 5.86. The van der Waals surface area contributed by atoms with Gasteiger partial charge in [-0.2, -0.15) is 4.31 Å². The average molecular weight is 450 g/mol. The Bertz CT molecular complexity index is 917. The molecule has 3 aliphatic rings. The molecule has 31 heavy (non-hydrogen) atoms. The van der Waals surface area contributed by atoms with Crippen LogP contribution in [0.4, 0.5) is 5.69 Å². The molecule has 0 spiro atoms. The van der Waals surface area contributed by atoms with Gasteiger partial charge < -0.3 is 15.4 Å². The number of sulfonamides is 1. The molecule has 1 aromatic carbocycles. The molecule has 0 unspecified atom stereocenters. The smallest absolute Gasteiger partial charge is 0.262 e. The van der Waals surface area contributed by atoms with Crippen LogP contribution in [0.25, 0.3) is 0 Å². The Morgan fingerprint density at radius 2 is 1.71 bits per heavy atom. The lowest BCUT2D eigenvalue weighted by Gasteiger charge is -2.32. The Hall–Kier alpha value is -2.13. The third-order valence-corrected chi connectivity index (χ3v) is 8.39. The highest BCUT2D eigenvalue weighted by atomic mass is 32.2. The minimum absolute atomic E-state index is 0.0660. The predicted molar refractivity (Wildman–Crippen MR) is 116 cm³/mol. The standard InChI is InChI=1S/C22H31N3O5S/c26-21-15-30-20-9-8-18(14-19(20)24-21)31(28,29)25-12-10-16(11-13-25)22(27)23-17-6-4-2-1-3-5-7-17/h8-9,14,16-17H,1-7,10-13,15H2,(H,23,27)(H,24,26). The number of carbonyl (C=O) groups is 2. The SMILES string of the molecule is O=C1COc2ccc(S(=O)(=O)N3CCC(C(=O)NC4CCCCCCC4)CC3)cc2N1. The van der Waals surface area contributed by atoms with Crippen LogP contribution >= 0.6 is 0 Å². The summed E-state index contributed by atoms with van der Waals surface area (Å²) in [5.41, 5.74) is 0.366. The van der Waals surface area contributed by atoms with Crippen LogP contribution in [0.2, 0.25) is 0 Å². The van der Waals surface area contributed by atoms with Crippen molar-refractivity contribution in [1.82, 2.24) is 9.62 Å². The van der Waals surface area contributed by atoms with Gasteiger partial charge in [-0.3, -0.25) is 9.59 Å². The molecular formula is C22H31N3O5S. The average Bonchev–Trinajstić information content (AvgIpc) is 2.75. The minimum Gasteiger partial charge on any atom is -0.482 e. The summed E-state index contributed by atoms with van der Waals surface area (Å²) >= 11 is 0. The van der Waals surface area contributed by atoms with Crippen LogP contribution in [0, 0.1) is 5.92 Å². The van der Waals surface area contributed by atoms with Crippen LogP contribution in [0.1, 0.15) is 57.8 Å². The predicted octanol–water partition coefficient (Wildman–Crippen LogP) is 2.65. The third kappa shape index (κ3) is 5.20. The van der Waals surface area contributed by atoms with Gasteiger partial charge in [0.25, 0.3) is 5.91 Å². The molecule has 0 atom stereocenters. The molecule has 1 aromatic rings. The van der Waals surface area contributed by atoms with E-state index in [9.17, 15) is 18.0 Å². The fourth-order valence-corrected chi connectivity index (χ4v) is 6.15. The van der Waals surface area contributed by atoms with Gasteiger partial charge in [0.05, 0.1) is 10.6 Å². The lowest BCUT2D eigenvalue weighted by Crippen LogP contribution is -2.45. The van der Waals surface area contributed by atoms with Crippen molar-refractivity contribution in [2.24, 2.45) is 5.92 Å². The van der Waals surface area contributed by atoms with Crippen molar-refractivity contribution in [2.45, 2.75) is 68.7 Å². The number of piperidine rings is 1. The van der Waals surface area contributed by atoms with Gasteiger partial charge in [-0.1, -0.05) is 32.1 Å². The number of fused-ring (bicyclic) bond motifs is 1. The van der Waals surface area contributed by atoms with Gasteiger partial charge in [-0.15, -0.1) is 0 Å². The molecule has 0 radical (unpaired) electrons. The third-order valence-electron chi connectivity index (χ3n) is 6.50. The van der Waals surface area contributed by atoms with E-state index >= 15 is 0 Å². The van der Waals surface area contributed by atoms with E-state index in [2.05, 4.69) is 10.6 Å². The molecule has 2 fully saturated rings. The lowest BCUT2D eigenvalue weighted by atomic mass is 9.94. The van der Waals surface area contributed by atoms with Crippen LogP contribution in [-0.4, -0.2) is 50.3 Å². The van der Waals surface area contributed by atoms with Crippen molar-refractivity contribution in [3.63, 3.8) is 0 Å². The number of nitrogens with one attached hydrogen (secondary N) is 2. The van der Waals surface area contributed by atoms with Gasteiger partial charge in [-0.05, 0) is 43.9 Å². The monoisotopic (exact) mass is 449 g/mol. The number of rotatable bonds is 4. The summed E-state index contributed by atoms with van der Waals surface area (Å²) in [4.78, 5) is 24.4. The fraction of sp³-hybridized carbons (Fsp3) is 0.636. The highest BCUT2D eigenvalue weighted by molar-refractivity contribution is 7.89. The summed E-state index contributed by atoms with van der Waals surface area (Å²) in [6.45, 7) is 0.547. The van der Waals surface area contributed by atoms with Crippen molar-refractivity contribution >= 4 is 27.5 Å². The molecule has 8 nitrogen and oxygen atoms in total. The number of ether oxygens (including phenoxy) is 1. The molecule has 2 amide bonds. The lowest BCUT2D eigenvalue weighted by molar-refractivity contribution is -0.127. The Morgan fingerprint density at radius 1 is 1.03 bits per heavy atom. The molecule has 2 heterocycles. The minimum atomic E-state index is -3.70. The molecule has 2 aliphatic heterocycles. The van der Waals surface area contributed by atoms with Gasteiger partial charge in [-0.25, -0.2) is 8.42 Å². The molecule has 2 N–H and O–H groups in total. The first-order chi connectivity index (χ1) is 14.9. The topological polar surface area (TPSA) is 105 Å². The molecule has 0 bridgehead atoms. The zero-order chi connectivity index (χ0) is 21.8. The largest absolute Gasteiger partial charge is 0.482 e. The Labute approximate surface area is 183 Å². The summed E-state index contributed by atoms with van der Waals surface area (Å²) in [6.07, 6.45) is 9.20. The number of carbonyl (C=O) groups excluding carboxylic acids is 2. The van der Waals surface area contributed by atoms with Gasteiger partial charge in [0.1, 0.15) is 5.75 Å². The zero-order valence-corrected chi connectivity index (χ0v) is 18.6. The quantitative estimate of drug-likeness (QED) is 0.735. The maximum Gasteiger partial charge on any atom is 0.262 e. The summed E-state index contributed by atoms with van der Waals surface area (Å²) < 4.78 is 32.9. The highest BCUT2D eigenvalue weighted by Gasteiger charge is 2.33. The highest BCUT2D eigenvalue weighted by Crippen LogP contribution is 2.32. The molecule has 9 heteroatoms. The van der Waals surface area contributed by atoms with E-state index < -0.39 is 10.0 Å². The van der Waals surface area contributed by atoms with E-state index in [0.717, 1.165) is 25.7 Å². The second-order valence-electron chi connectivity index (χ2n) is 8.72. The van der Waals surface area contributed by atoms with Crippen LogP contribution in [0.3, 0.4) is 0 Å². The molecule has 1 saturated heterocycles. The first-order valence-corrected chi connectivity index (χ1v) is 12.7. The van der Waals surface area contributed by atoms with E-state index in [1.807, 2.05) is 0 Å². The van der Waals surface area contributed by atoms with E-state index in [4.69, 9.17) is 4.74 Å². The second-order valence-corrected chi connectivity index (χ2v) is 10.7. The van der Waals surface area contributed by atoms with E-state index in [1.165, 1.54) is 35.7 Å². The molecular weight excluding hydrogens is 418 g/mol. The first kappa shape index (κ1) is 22.1. The Kier molecular flexibility index (Phi) is 6.81. The Balaban J connectivity index is 1.35. The summed E-state index contributed by atoms with van der Waals surface area (Å²) in [6, 6.07) is 4.76. The number of hydrogen-bond acceptors (Lipinski definition) is 5. The molecule has 4 rings (SSSR count). The second kappa shape index (κ2) is 9.56. The van der Waals surface area contributed by atoms with Gasteiger partial charge in [0.15, 0.2) is 6.61 Å². The van der Waals surface area contributed by atoms with Gasteiger partial charge >= 0.3 is 0 Å². The van der Waals surface area contributed by atoms with Crippen molar-refractivity contribution in [3.05, 3.63) is 18.2 Å². The van der Waals surface area contributed by atoms with Gasteiger partial charge in [0, 0.05) is 25.0 Å². The Morgan fingerprint density at radius 3 is 2.42 bits per heavy atom. The van der Waals surface area contributed by atoms with E-state index in [0.29, 0.717) is 37.4 Å². The zero-order valence-electron chi connectivity index (χ0n) is 17.8. The first-order valence-electron chi connectivity index (χ1n) is 11.3. The molecule has 1 aliphatic carbocycles. The van der Waals surface area contributed by atoms with Crippen molar-refractivity contribution < 1.29 is 22.7 Å². The fourth-order valence-electron chi connectivity index (χ4n) is 4.65. The molecule has 1 saturated carbocycles. The number of anilines is 1. The maximum absolute atomic E-state index is 13.1. The molecule has 170 valence electrons. The number of nitrogens with zero attached hydrogens (tertiary/aromatic N) is 1. The van der Waals surface area contributed by atoms with Crippen LogP contribution in [0.5, 0.6) is 5.75 Å².